The number of fused-ring (bicyclic) bond motifs is 2. The Kier molecular flexibility index (Phi) is 10.8. The third-order valence-electron chi connectivity index (χ3n) is 14.1. The summed E-state index contributed by atoms with van der Waals surface area (Å²) >= 11 is 3.02. The first-order valence-electron chi connectivity index (χ1n) is 22.6. The molecule has 8 N–H and O–H groups in total. The first-order chi connectivity index (χ1) is 31.0. The topological polar surface area (TPSA) is 241 Å². The molecule has 0 radical (unpaired) electrons. The number of rotatable bonds is 15. The van der Waals surface area contributed by atoms with Crippen molar-refractivity contribution in [1.29, 1.82) is 0 Å². The van der Waals surface area contributed by atoms with Gasteiger partial charge < -0.3 is 46.4 Å². The molecule has 17 nitrogen and oxygen atoms in total. The fourth-order valence-corrected chi connectivity index (χ4v) is 12.2. The van der Waals surface area contributed by atoms with E-state index in [4.69, 9.17) is 39.6 Å². The van der Waals surface area contributed by atoms with E-state index in [1.807, 2.05) is 26.0 Å². The summed E-state index contributed by atoms with van der Waals surface area (Å²) in [7, 11) is 0. The molecule has 1 spiro atoms. The van der Waals surface area contributed by atoms with Crippen molar-refractivity contribution >= 4 is 66.6 Å². The monoisotopic (exact) mass is 906 g/mol. The quantitative estimate of drug-likeness (QED) is 0.0608. The minimum absolute atomic E-state index is 0.237. The van der Waals surface area contributed by atoms with Crippen LogP contribution in [0, 0.1) is 42.9 Å². The molecular formula is C45H54N12O5S2. The lowest BCUT2D eigenvalue weighted by Crippen LogP contribution is -2.41. The van der Waals surface area contributed by atoms with Gasteiger partial charge in [-0.1, -0.05) is 6.92 Å². The van der Waals surface area contributed by atoms with Gasteiger partial charge >= 0.3 is 0 Å². The minimum Gasteiger partial charge on any atom is -0.468 e. The van der Waals surface area contributed by atoms with Crippen LogP contribution in [-0.2, 0) is 0 Å². The maximum absolute atomic E-state index is 12.1. The molecule has 6 aromatic rings. The van der Waals surface area contributed by atoms with E-state index in [9.17, 15) is 20.4 Å². The highest BCUT2D eigenvalue weighted by atomic mass is 32.1. The molecule has 0 amide bonds. The van der Waals surface area contributed by atoms with Crippen molar-refractivity contribution in [3.8, 4) is 27.0 Å². The van der Waals surface area contributed by atoms with Gasteiger partial charge in [0.25, 0.3) is 0 Å². The molecule has 5 aliphatic carbocycles. The van der Waals surface area contributed by atoms with Crippen LogP contribution in [0.1, 0.15) is 69.7 Å². The number of anilines is 4. The van der Waals surface area contributed by atoms with Gasteiger partial charge in [0, 0.05) is 43.4 Å². The number of ether oxygens (including phenoxy) is 1. The fourth-order valence-electron chi connectivity index (χ4n) is 10.1. The predicted octanol–water partition coefficient (Wildman–Crippen LogP) is 5.79. The molecular weight excluding hydrogens is 853 g/mol. The zero-order valence-electron chi connectivity index (χ0n) is 36.0. The normalized spacial score (nSPS) is 28.1. The van der Waals surface area contributed by atoms with Gasteiger partial charge in [-0.2, -0.15) is 9.97 Å². The maximum Gasteiger partial charge on any atom is 0.241 e. The van der Waals surface area contributed by atoms with E-state index in [1.165, 1.54) is 24.2 Å². The third-order valence-corrected chi connectivity index (χ3v) is 16.2. The van der Waals surface area contributed by atoms with Crippen LogP contribution in [0.5, 0.6) is 5.88 Å². The minimum atomic E-state index is -1.10. The first-order valence-corrected chi connectivity index (χ1v) is 24.2. The second-order valence-corrected chi connectivity index (χ2v) is 21.0. The van der Waals surface area contributed by atoms with Gasteiger partial charge in [0.1, 0.15) is 44.9 Å². The highest BCUT2D eigenvalue weighted by Crippen LogP contribution is 2.59. The van der Waals surface area contributed by atoms with Gasteiger partial charge in [-0.25, -0.2) is 24.9 Å². The Labute approximate surface area is 378 Å². The molecule has 6 heterocycles. The largest absolute Gasteiger partial charge is 0.468 e. The number of aromatic nitrogens is 8. The van der Waals surface area contributed by atoms with Gasteiger partial charge in [-0.05, 0) is 95.1 Å². The summed E-state index contributed by atoms with van der Waals surface area (Å²) in [5, 5.41) is 59.2. The Morgan fingerprint density at radius 2 is 1.42 bits per heavy atom. The van der Waals surface area contributed by atoms with Crippen LogP contribution in [0.3, 0.4) is 0 Å². The summed E-state index contributed by atoms with van der Waals surface area (Å²) in [6.07, 6.45) is 9.16. The van der Waals surface area contributed by atoms with E-state index >= 15 is 0 Å². The number of thiazole rings is 2. The fraction of sp³-hybridized carbons (Fsp3) is 0.556. The van der Waals surface area contributed by atoms with Crippen molar-refractivity contribution in [3.05, 3.63) is 42.1 Å². The molecule has 0 aliphatic heterocycles. The van der Waals surface area contributed by atoms with Crippen molar-refractivity contribution < 1.29 is 25.2 Å². The number of aryl methyl sites for hydroxylation is 2. The average Bonchev–Trinajstić information content (AvgIpc) is 4.12. The molecule has 0 bridgehead atoms. The highest BCUT2D eigenvalue weighted by Gasteiger charge is 2.61. The second kappa shape index (κ2) is 16.5. The molecule has 64 heavy (non-hydrogen) atoms. The van der Waals surface area contributed by atoms with Gasteiger partial charge in [0.15, 0.2) is 0 Å². The summed E-state index contributed by atoms with van der Waals surface area (Å²) in [5.74, 6) is 3.86. The lowest BCUT2D eigenvalue weighted by molar-refractivity contribution is 0.00446. The number of pyridine rings is 2. The van der Waals surface area contributed by atoms with Gasteiger partial charge in [-0.15, -0.1) is 22.7 Å². The van der Waals surface area contributed by atoms with E-state index in [0.717, 1.165) is 75.9 Å². The number of nitrogens with zero attached hydrogens (tertiary/aromatic N) is 8. The Morgan fingerprint density at radius 3 is 2.06 bits per heavy atom. The molecule has 336 valence electrons. The first kappa shape index (κ1) is 41.8. The number of nitrogens with one attached hydrogen (secondary N) is 4. The Morgan fingerprint density at radius 1 is 0.766 bits per heavy atom. The molecule has 7 unspecified atom stereocenters. The molecule has 0 aromatic carbocycles. The predicted molar refractivity (Wildman–Crippen MR) is 247 cm³/mol. The second-order valence-electron chi connectivity index (χ2n) is 19.0. The van der Waals surface area contributed by atoms with Crippen molar-refractivity contribution in [2.75, 3.05) is 41.0 Å². The van der Waals surface area contributed by atoms with Crippen LogP contribution in [0.15, 0.2) is 30.7 Å². The van der Waals surface area contributed by atoms with Crippen LogP contribution in [0.4, 0.5) is 23.5 Å². The van der Waals surface area contributed by atoms with Gasteiger partial charge in [-0.3, -0.25) is 4.98 Å². The zero-order chi connectivity index (χ0) is 43.9. The molecule has 0 saturated heterocycles. The molecule has 5 fully saturated rings. The Bertz CT molecular complexity index is 2670. The van der Waals surface area contributed by atoms with Crippen molar-refractivity contribution in [2.24, 2.45) is 29.1 Å². The standard InChI is InChI=1S/C45H54N12O5S2/c1-20-12-24(13-20)17-49-44-51-22(3)32(38(56-44)52-26-14-25(19-58)34(59)35(26)60)42-55-33-30(64-42)7-11-47-40(33)62-36-27(15-45(8-9-45)37(36)61)53-39-31(41-54-28-18-46-10-6-29(28)63-41)21(2)50-43(57-39)48-16-23-4-5-23/h6-7,10-11,18,20,23-27,34-37,58-61H,4-5,8-9,12-17,19H2,1-3H3,(H2,48,50,53,57)(H2,49,51,52,56). The lowest BCUT2D eigenvalue weighted by atomic mass is 9.76. The van der Waals surface area contributed by atoms with E-state index in [2.05, 4.69) is 33.2 Å². The molecule has 5 saturated carbocycles. The van der Waals surface area contributed by atoms with Gasteiger partial charge in [0.05, 0.1) is 62.4 Å². The Hall–Kier alpha value is -4.92. The molecule has 7 atom stereocenters. The number of aliphatic hydroxyl groups is 4. The average molecular weight is 907 g/mol. The maximum atomic E-state index is 12.1. The molecule has 5 aliphatic rings. The van der Waals surface area contributed by atoms with Crippen LogP contribution in [0.2, 0.25) is 0 Å². The number of aliphatic hydroxyl groups excluding tert-OH is 4. The smallest absolute Gasteiger partial charge is 0.241 e. The summed E-state index contributed by atoms with van der Waals surface area (Å²) in [6.45, 7) is 7.49. The molecule has 6 aromatic heterocycles. The van der Waals surface area contributed by atoms with E-state index in [1.54, 1.807) is 29.9 Å². The third kappa shape index (κ3) is 7.86. The summed E-state index contributed by atoms with van der Waals surface area (Å²) in [5.41, 5.74) is 4.00. The Balaban J connectivity index is 0.921. The van der Waals surface area contributed by atoms with Crippen molar-refractivity contribution in [1.82, 2.24) is 39.9 Å². The van der Waals surface area contributed by atoms with Crippen molar-refractivity contribution in [2.45, 2.75) is 109 Å². The van der Waals surface area contributed by atoms with Crippen LogP contribution >= 0.6 is 22.7 Å². The highest BCUT2D eigenvalue weighted by molar-refractivity contribution is 7.22. The van der Waals surface area contributed by atoms with E-state index < -0.39 is 36.4 Å². The SMILES string of the molecule is Cc1nc(NCC2CC2)nc(NC2CC3(CC3)C(O)C2Oc2nccc3sc(-c4c(C)nc(NCC5CC(C)C5)nc4NC4CC(CO)C(O)C4O)nc23)c1-c1nc2cnccc2s1. The van der Waals surface area contributed by atoms with E-state index in [-0.39, 0.29) is 18.1 Å². The van der Waals surface area contributed by atoms with Gasteiger partial charge in [0.2, 0.25) is 17.8 Å². The number of hydrogen-bond acceptors (Lipinski definition) is 19. The lowest BCUT2D eigenvalue weighted by Gasteiger charge is -2.32. The summed E-state index contributed by atoms with van der Waals surface area (Å²) in [4.78, 5) is 38.9. The summed E-state index contributed by atoms with van der Waals surface area (Å²) < 4.78 is 8.71. The molecule has 11 rings (SSSR count). The number of hydrogen-bond donors (Lipinski definition) is 8. The summed E-state index contributed by atoms with van der Waals surface area (Å²) in [6, 6.07) is 2.96. The van der Waals surface area contributed by atoms with E-state index in [0.29, 0.717) is 75.9 Å². The van der Waals surface area contributed by atoms with Crippen LogP contribution < -0.4 is 26.0 Å². The van der Waals surface area contributed by atoms with Crippen LogP contribution in [0.25, 0.3) is 41.6 Å². The van der Waals surface area contributed by atoms with Crippen molar-refractivity contribution in [3.63, 3.8) is 0 Å². The zero-order valence-corrected chi connectivity index (χ0v) is 37.7. The molecule has 19 heteroatoms. The van der Waals surface area contributed by atoms with Crippen LogP contribution in [-0.4, -0.2) is 116 Å².